The van der Waals surface area contributed by atoms with Crippen molar-refractivity contribution in [2.45, 2.75) is 25.6 Å². The number of nitrogens with zero attached hydrogens (tertiary/aromatic N) is 4. The van der Waals surface area contributed by atoms with Gasteiger partial charge in [0.05, 0.1) is 42.1 Å². The van der Waals surface area contributed by atoms with Gasteiger partial charge in [-0.3, -0.25) is 9.59 Å². The van der Waals surface area contributed by atoms with Gasteiger partial charge in [-0.25, -0.2) is 19.5 Å². The van der Waals surface area contributed by atoms with E-state index in [0.717, 1.165) is 35.4 Å². The van der Waals surface area contributed by atoms with Crippen LogP contribution in [-0.2, 0) is 24.2 Å². The smallest absolute Gasteiger partial charge is 0.272 e. The van der Waals surface area contributed by atoms with E-state index < -0.39 is 11.7 Å². The lowest BCUT2D eigenvalue weighted by molar-refractivity contribution is 0.0745. The maximum Gasteiger partial charge on any atom is 0.272 e. The molecule has 0 radical (unpaired) electrons. The Bertz CT molecular complexity index is 1610. The minimum atomic E-state index is -0.583. The molecule has 9 nitrogen and oxygen atoms in total. The van der Waals surface area contributed by atoms with Crippen LogP contribution in [0.5, 0.6) is 0 Å². The number of anilines is 1. The fourth-order valence-corrected chi connectivity index (χ4v) is 5.49. The summed E-state index contributed by atoms with van der Waals surface area (Å²) >= 11 is 0. The molecule has 3 aliphatic rings. The molecule has 1 saturated carbocycles. The molecule has 2 aliphatic heterocycles. The van der Waals surface area contributed by atoms with Crippen LogP contribution in [0, 0.1) is 17.7 Å². The number of carbonyl (C=O) groups is 1. The summed E-state index contributed by atoms with van der Waals surface area (Å²) in [6.07, 6.45) is 2.08. The summed E-state index contributed by atoms with van der Waals surface area (Å²) in [5.74, 6) is 0.616. The Morgan fingerprint density at radius 3 is 2.78 bits per heavy atom. The number of hydrogen-bond donors (Lipinski definition) is 2. The van der Waals surface area contributed by atoms with Gasteiger partial charge in [-0.2, -0.15) is 5.10 Å². The lowest BCUT2D eigenvalue weighted by Gasteiger charge is -2.16. The van der Waals surface area contributed by atoms with Crippen molar-refractivity contribution in [2.24, 2.45) is 11.8 Å². The molecule has 10 heteroatoms. The number of H-pyrrole nitrogens is 1. The van der Waals surface area contributed by atoms with Crippen LogP contribution < -0.4 is 10.9 Å². The van der Waals surface area contributed by atoms with Crippen molar-refractivity contribution in [2.75, 3.05) is 18.5 Å². The zero-order valence-corrected chi connectivity index (χ0v) is 19.8. The van der Waals surface area contributed by atoms with Crippen molar-refractivity contribution in [1.82, 2.24) is 25.1 Å². The SMILES string of the molecule is O=C(c1cc(Cc2n[nH]c(=O)c3ccccc23)ccc1F)N1Cc2cnc(NC3C4COCC43)nc2C1. The molecule has 0 spiro atoms. The molecule has 1 amide bonds. The quantitative estimate of drug-likeness (QED) is 0.435. The average molecular weight is 499 g/mol. The van der Waals surface area contributed by atoms with Gasteiger partial charge in [0.15, 0.2) is 0 Å². The highest BCUT2D eigenvalue weighted by Crippen LogP contribution is 2.45. The van der Waals surface area contributed by atoms with Crippen molar-refractivity contribution in [1.29, 1.82) is 0 Å². The van der Waals surface area contributed by atoms with Crippen LogP contribution in [0.1, 0.15) is 32.9 Å². The van der Waals surface area contributed by atoms with Crippen LogP contribution in [0.2, 0.25) is 0 Å². The molecule has 4 heterocycles. The van der Waals surface area contributed by atoms with Gasteiger partial charge in [0.2, 0.25) is 5.95 Å². The van der Waals surface area contributed by atoms with Gasteiger partial charge in [0.25, 0.3) is 11.5 Å². The Morgan fingerprint density at radius 2 is 1.95 bits per heavy atom. The van der Waals surface area contributed by atoms with E-state index in [-0.39, 0.29) is 11.1 Å². The zero-order valence-electron chi connectivity index (χ0n) is 19.8. The molecular formula is C27H23FN6O3. The topological polar surface area (TPSA) is 113 Å². The van der Waals surface area contributed by atoms with E-state index in [2.05, 4.69) is 25.5 Å². The second-order valence-electron chi connectivity index (χ2n) is 9.90. The number of carbonyl (C=O) groups excluding carboxylic acids is 1. The first-order chi connectivity index (χ1) is 18.0. The third kappa shape index (κ3) is 3.84. The maximum absolute atomic E-state index is 14.8. The molecule has 2 atom stereocenters. The largest absolute Gasteiger partial charge is 0.381 e. The minimum Gasteiger partial charge on any atom is -0.381 e. The third-order valence-corrected chi connectivity index (χ3v) is 7.60. The summed E-state index contributed by atoms with van der Waals surface area (Å²) in [7, 11) is 0. The van der Waals surface area contributed by atoms with Gasteiger partial charge in [-0.05, 0) is 23.8 Å². The van der Waals surface area contributed by atoms with Gasteiger partial charge in [0, 0.05) is 48.0 Å². The van der Waals surface area contributed by atoms with Gasteiger partial charge in [-0.1, -0.05) is 24.3 Å². The number of rotatable bonds is 5. The van der Waals surface area contributed by atoms with Gasteiger partial charge in [0.1, 0.15) is 5.82 Å². The van der Waals surface area contributed by atoms with Crippen LogP contribution in [0.25, 0.3) is 10.8 Å². The number of nitrogens with one attached hydrogen (secondary N) is 2. The number of aromatic nitrogens is 4. The molecule has 2 aromatic heterocycles. The van der Waals surface area contributed by atoms with Crippen molar-refractivity contribution < 1.29 is 13.9 Å². The van der Waals surface area contributed by atoms with Crippen LogP contribution in [0.4, 0.5) is 10.3 Å². The molecule has 7 rings (SSSR count). The predicted molar refractivity (Wildman–Crippen MR) is 132 cm³/mol. The molecule has 2 fully saturated rings. The molecular weight excluding hydrogens is 475 g/mol. The Balaban J connectivity index is 1.10. The van der Waals surface area contributed by atoms with Crippen molar-refractivity contribution >= 4 is 22.6 Å². The number of fused-ring (bicyclic) bond motifs is 3. The number of aromatic amines is 1. The third-order valence-electron chi connectivity index (χ3n) is 7.60. The number of ether oxygens (including phenoxy) is 1. The molecule has 186 valence electrons. The van der Waals surface area contributed by atoms with Crippen molar-refractivity contribution in [3.63, 3.8) is 0 Å². The number of hydrogen-bond acceptors (Lipinski definition) is 7. The summed E-state index contributed by atoms with van der Waals surface area (Å²) < 4.78 is 20.2. The molecule has 1 saturated heterocycles. The Morgan fingerprint density at radius 1 is 1.14 bits per heavy atom. The summed E-state index contributed by atoms with van der Waals surface area (Å²) in [4.78, 5) is 36.1. The Hall–Kier alpha value is -4.18. The molecule has 2 N–H and O–H groups in total. The monoisotopic (exact) mass is 498 g/mol. The number of benzene rings is 2. The van der Waals surface area contributed by atoms with Crippen molar-refractivity contribution in [3.05, 3.63) is 92.9 Å². The minimum absolute atomic E-state index is 0.00357. The van der Waals surface area contributed by atoms with E-state index in [1.54, 1.807) is 35.4 Å². The highest BCUT2D eigenvalue weighted by molar-refractivity contribution is 5.95. The normalized spacial score (nSPS) is 21.6. The summed E-state index contributed by atoms with van der Waals surface area (Å²) in [5, 5.41) is 11.4. The number of amides is 1. The van der Waals surface area contributed by atoms with E-state index in [0.29, 0.717) is 54.4 Å². The predicted octanol–water partition coefficient (Wildman–Crippen LogP) is 2.66. The second-order valence-corrected chi connectivity index (χ2v) is 9.90. The average Bonchev–Trinajstić information content (AvgIpc) is 3.26. The van der Waals surface area contributed by atoms with Crippen LogP contribution in [0.3, 0.4) is 0 Å². The van der Waals surface area contributed by atoms with Crippen LogP contribution in [-0.4, -0.2) is 50.2 Å². The molecule has 2 aromatic carbocycles. The van der Waals surface area contributed by atoms with Crippen LogP contribution >= 0.6 is 0 Å². The first-order valence-corrected chi connectivity index (χ1v) is 12.3. The van der Waals surface area contributed by atoms with Crippen molar-refractivity contribution in [3.8, 4) is 0 Å². The van der Waals surface area contributed by atoms with Gasteiger partial charge >= 0.3 is 0 Å². The lowest BCUT2D eigenvalue weighted by Crippen LogP contribution is -2.26. The molecule has 37 heavy (non-hydrogen) atoms. The Labute approximate surface area is 210 Å². The first-order valence-electron chi connectivity index (χ1n) is 12.3. The maximum atomic E-state index is 14.8. The highest BCUT2D eigenvalue weighted by Gasteiger charge is 2.54. The molecule has 4 aromatic rings. The number of halogens is 1. The molecule has 2 unspecified atom stereocenters. The molecule has 1 aliphatic carbocycles. The van der Waals surface area contributed by atoms with E-state index >= 15 is 0 Å². The van der Waals surface area contributed by atoms with Gasteiger partial charge < -0.3 is 15.0 Å². The fourth-order valence-electron chi connectivity index (χ4n) is 5.49. The molecule has 0 bridgehead atoms. The first kappa shape index (κ1) is 22.1. The van der Waals surface area contributed by atoms with Crippen LogP contribution in [0.15, 0.2) is 53.5 Å². The van der Waals surface area contributed by atoms with E-state index in [1.807, 2.05) is 12.1 Å². The lowest BCUT2D eigenvalue weighted by atomic mass is 10.0. The van der Waals surface area contributed by atoms with Gasteiger partial charge in [-0.15, -0.1) is 0 Å². The standard InChI is InChI=1S/C27H23FN6O3/c28-21-6-5-14(8-22-16-3-1-2-4-17(16)25(35)33-32-22)7-18(21)26(36)34-10-15-9-29-27(30-23(15)11-34)31-24-19-12-37-13-20(19)24/h1-7,9,19-20,24H,8,10-13H2,(H,33,35)(H,29,30,31). The summed E-state index contributed by atoms with van der Waals surface area (Å²) in [6, 6.07) is 12.0. The van der Waals surface area contributed by atoms with E-state index in [1.165, 1.54) is 6.07 Å². The summed E-state index contributed by atoms with van der Waals surface area (Å²) in [5.41, 5.74) is 2.73. The second kappa shape index (κ2) is 8.45. The van der Waals surface area contributed by atoms with E-state index in [4.69, 9.17) is 4.74 Å². The zero-order chi connectivity index (χ0) is 25.1. The van der Waals surface area contributed by atoms with E-state index in [9.17, 15) is 14.0 Å². The fraction of sp³-hybridized carbons (Fsp3) is 0.296. The summed E-state index contributed by atoms with van der Waals surface area (Å²) in [6.45, 7) is 2.16. The Kier molecular flexibility index (Phi) is 5.03. The highest BCUT2D eigenvalue weighted by atomic mass is 19.1.